The molecule has 0 N–H and O–H groups in total. The quantitative estimate of drug-likeness (QED) is 0.851. The topological polar surface area (TPSA) is 40.6 Å². The number of carbonyl (C=O) groups excluding carboxylic acids is 2. The number of hydrogen-bond acceptors (Lipinski definition) is 3. The van der Waals surface area contributed by atoms with Gasteiger partial charge in [0.1, 0.15) is 0 Å². The fourth-order valence-electron chi connectivity index (χ4n) is 2.09. The average Bonchev–Trinajstić information content (AvgIpc) is 2.85. The van der Waals surface area contributed by atoms with Gasteiger partial charge < -0.3 is 9.80 Å². The Morgan fingerprint density at radius 2 is 2.33 bits per heavy atom. The van der Waals surface area contributed by atoms with Crippen LogP contribution in [0.4, 0.5) is 0 Å². The standard InChI is InChI=1S/C12H15ClN2O2S/c1-14-6-8(5-11(14)16)12(17)15(2)7-9-3-4-10(13)18-9/h3-4,8H,5-7H2,1-2H3. The fourth-order valence-corrected chi connectivity index (χ4v) is 3.23. The third-order valence-electron chi connectivity index (χ3n) is 3.09. The molecule has 18 heavy (non-hydrogen) atoms. The van der Waals surface area contributed by atoms with E-state index >= 15 is 0 Å². The molecule has 0 spiro atoms. The van der Waals surface area contributed by atoms with E-state index in [9.17, 15) is 9.59 Å². The molecule has 1 saturated heterocycles. The third-order valence-corrected chi connectivity index (χ3v) is 4.30. The Bertz CT molecular complexity index is 474. The van der Waals surface area contributed by atoms with Gasteiger partial charge in [0.25, 0.3) is 0 Å². The summed E-state index contributed by atoms with van der Waals surface area (Å²) in [6.45, 7) is 1.07. The molecular formula is C12H15ClN2O2S. The smallest absolute Gasteiger partial charge is 0.228 e. The van der Waals surface area contributed by atoms with Gasteiger partial charge in [-0.05, 0) is 12.1 Å². The maximum atomic E-state index is 12.2. The Morgan fingerprint density at radius 1 is 1.61 bits per heavy atom. The molecule has 1 aromatic rings. The highest BCUT2D eigenvalue weighted by Gasteiger charge is 2.33. The van der Waals surface area contributed by atoms with Crippen LogP contribution in [0.15, 0.2) is 12.1 Å². The minimum Gasteiger partial charge on any atom is -0.345 e. The summed E-state index contributed by atoms with van der Waals surface area (Å²) in [7, 11) is 3.49. The molecule has 2 rings (SSSR count). The van der Waals surface area contributed by atoms with E-state index in [1.54, 1.807) is 23.9 Å². The van der Waals surface area contributed by atoms with Gasteiger partial charge in [0.2, 0.25) is 11.8 Å². The van der Waals surface area contributed by atoms with Gasteiger partial charge in [-0.1, -0.05) is 11.6 Å². The lowest BCUT2D eigenvalue weighted by Crippen LogP contribution is -2.33. The van der Waals surface area contributed by atoms with Crippen LogP contribution in [-0.4, -0.2) is 42.3 Å². The molecule has 98 valence electrons. The number of hydrogen-bond donors (Lipinski definition) is 0. The van der Waals surface area contributed by atoms with Gasteiger partial charge >= 0.3 is 0 Å². The molecule has 0 aromatic carbocycles. The normalized spacial score (nSPS) is 19.4. The number of carbonyl (C=O) groups is 2. The van der Waals surface area contributed by atoms with E-state index < -0.39 is 0 Å². The van der Waals surface area contributed by atoms with Crippen LogP contribution < -0.4 is 0 Å². The van der Waals surface area contributed by atoms with E-state index in [2.05, 4.69) is 0 Å². The zero-order valence-corrected chi connectivity index (χ0v) is 11.9. The van der Waals surface area contributed by atoms with Crippen molar-refractivity contribution in [1.82, 2.24) is 9.80 Å². The maximum absolute atomic E-state index is 12.2. The average molecular weight is 287 g/mol. The zero-order chi connectivity index (χ0) is 13.3. The maximum Gasteiger partial charge on any atom is 0.228 e. The number of likely N-dealkylation sites (tertiary alicyclic amines) is 1. The van der Waals surface area contributed by atoms with Crippen molar-refractivity contribution in [3.63, 3.8) is 0 Å². The second-order valence-corrected chi connectivity index (χ2v) is 6.38. The summed E-state index contributed by atoms with van der Waals surface area (Å²) in [5, 5.41) is 0. The van der Waals surface area contributed by atoms with Crippen LogP contribution in [-0.2, 0) is 16.1 Å². The summed E-state index contributed by atoms with van der Waals surface area (Å²) < 4.78 is 0.724. The number of halogens is 1. The molecule has 1 aromatic heterocycles. The van der Waals surface area contributed by atoms with Crippen molar-refractivity contribution in [3.05, 3.63) is 21.3 Å². The van der Waals surface area contributed by atoms with Gasteiger partial charge in [-0.2, -0.15) is 0 Å². The molecule has 0 bridgehead atoms. The van der Waals surface area contributed by atoms with Gasteiger partial charge in [0.15, 0.2) is 0 Å². The lowest BCUT2D eigenvalue weighted by atomic mass is 10.1. The summed E-state index contributed by atoms with van der Waals surface area (Å²) >= 11 is 7.32. The first-order valence-electron chi connectivity index (χ1n) is 5.70. The molecule has 0 radical (unpaired) electrons. The van der Waals surface area contributed by atoms with Crippen molar-refractivity contribution >= 4 is 34.8 Å². The van der Waals surface area contributed by atoms with E-state index in [4.69, 9.17) is 11.6 Å². The highest BCUT2D eigenvalue weighted by atomic mass is 35.5. The number of amides is 2. The van der Waals surface area contributed by atoms with E-state index in [1.165, 1.54) is 11.3 Å². The van der Waals surface area contributed by atoms with Gasteiger partial charge in [-0.3, -0.25) is 9.59 Å². The van der Waals surface area contributed by atoms with Crippen molar-refractivity contribution in [3.8, 4) is 0 Å². The summed E-state index contributed by atoms with van der Waals surface area (Å²) in [6, 6.07) is 3.75. The Balaban J connectivity index is 1.95. The molecule has 1 atom stereocenters. The Kier molecular flexibility index (Phi) is 3.92. The van der Waals surface area contributed by atoms with E-state index in [0.29, 0.717) is 19.5 Å². The number of thiophene rings is 1. The Morgan fingerprint density at radius 3 is 2.83 bits per heavy atom. The summed E-state index contributed by atoms with van der Waals surface area (Å²) in [5.74, 6) is -0.138. The van der Waals surface area contributed by atoms with Crippen LogP contribution >= 0.6 is 22.9 Å². The number of nitrogens with zero attached hydrogens (tertiary/aromatic N) is 2. The van der Waals surface area contributed by atoms with Crippen LogP contribution in [0.3, 0.4) is 0 Å². The van der Waals surface area contributed by atoms with Gasteiger partial charge in [-0.25, -0.2) is 0 Å². The first-order valence-corrected chi connectivity index (χ1v) is 6.90. The van der Waals surface area contributed by atoms with Crippen LogP contribution in [0.1, 0.15) is 11.3 Å². The third kappa shape index (κ3) is 2.84. The molecule has 4 nitrogen and oxygen atoms in total. The molecule has 1 aliphatic heterocycles. The lowest BCUT2D eigenvalue weighted by molar-refractivity contribution is -0.135. The molecule has 0 saturated carbocycles. The van der Waals surface area contributed by atoms with Crippen LogP contribution in [0, 0.1) is 5.92 Å². The van der Waals surface area contributed by atoms with Gasteiger partial charge in [-0.15, -0.1) is 11.3 Å². The van der Waals surface area contributed by atoms with Crippen molar-refractivity contribution < 1.29 is 9.59 Å². The van der Waals surface area contributed by atoms with Gasteiger partial charge in [0.05, 0.1) is 16.8 Å². The molecular weight excluding hydrogens is 272 g/mol. The molecule has 1 aliphatic rings. The zero-order valence-electron chi connectivity index (χ0n) is 10.4. The monoisotopic (exact) mass is 286 g/mol. The van der Waals surface area contributed by atoms with Crippen LogP contribution in [0.2, 0.25) is 4.34 Å². The van der Waals surface area contributed by atoms with Crippen molar-refractivity contribution in [2.45, 2.75) is 13.0 Å². The van der Waals surface area contributed by atoms with E-state index in [-0.39, 0.29) is 17.7 Å². The largest absolute Gasteiger partial charge is 0.345 e. The first kappa shape index (κ1) is 13.4. The second-order valence-electron chi connectivity index (χ2n) is 4.58. The minimum absolute atomic E-state index is 0.0252. The Hall–Kier alpha value is -1.07. The Labute approximate surface area is 115 Å². The second kappa shape index (κ2) is 5.28. The fraction of sp³-hybridized carbons (Fsp3) is 0.500. The van der Waals surface area contributed by atoms with Crippen molar-refractivity contribution in [1.29, 1.82) is 0 Å². The highest BCUT2D eigenvalue weighted by molar-refractivity contribution is 7.16. The lowest BCUT2D eigenvalue weighted by Gasteiger charge is -2.19. The first-order chi connectivity index (χ1) is 8.47. The molecule has 2 heterocycles. The molecule has 0 aliphatic carbocycles. The summed E-state index contributed by atoms with van der Waals surface area (Å²) in [6.07, 6.45) is 0.324. The van der Waals surface area contributed by atoms with Crippen molar-refractivity contribution in [2.24, 2.45) is 5.92 Å². The van der Waals surface area contributed by atoms with E-state index in [1.807, 2.05) is 12.1 Å². The highest BCUT2D eigenvalue weighted by Crippen LogP contribution is 2.24. The summed E-state index contributed by atoms with van der Waals surface area (Å²) in [4.78, 5) is 27.9. The minimum atomic E-state index is -0.206. The van der Waals surface area contributed by atoms with E-state index in [0.717, 1.165) is 9.21 Å². The number of rotatable bonds is 3. The molecule has 6 heteroatoms. The van der Waals surface area contributed by atoms with Crippen LogP contribution in [0.25, 0.3) is 0 Å². The SMILES string of the molecule is CN1CC(C(=O)N(C)Cc2ccc(Cl)s2)CC1=O. The summed E-state index contributed by atoms with van der Waals surface area (Å²) in [5.41, 5.74) is 0. The van der Waals surface area contributed by atoms with Gasteiger partial charge in [0, 0.05) is 31.9 Å². The molecule has 1 unspecified atom stereocenters. The predicted octanol–water partition coefficient (Wildman–Crippen LogP) is 1.84. The molecule has 2 amide bonds. The predicted molar refractivity (Wildman–Crippen MR) is 71.5 cm³/mol. The molecule has 1 fully saturated rings. The van der Waals surface area contributed by atoms with Crippen molar-refractivity contribution in [2.75, 3.05) is 20.6 Å². The van der Waals surface area contributed by atoms with Crippen LogP contribution in [0.5, 0.6) is 0 Å².